The molecule has 0 spiro atoms. The zero-order chi connectivity index (χ0) is 10.2. The van der Waals surface area contributed by atoms with Crippen LogP contribution in [0.3, 0.4) is 0 Å². The van der Waals surface area contributed by atoms with Gasteiger partial charge in [-0.2, -0.15) is 0 Å². The van der Waals surface area contributed by atoms with Gasteiger partial charge in [0.15, 0.2) is 0 Å². The largest absolute Gasteiger partial charge is 0.216 e. The third-order valence-electron chi connectivity index (χ3n) is 2.20. The number of benzene rings is 1. The molecule has 14 heavy (non-hydrogen) atoms. The van der Waals surface area contributed by atoms with E-state index in [-0.39, 0.29) is 0 Å². The monoisotopic (exact) mass is 211 g/mol. The molecular formula is C12H18ClN. The van der Waals surface area contributed by atoms with Crippen molar-refractivity contribution in [3.63, 3.8) is 0 Å². The van der Waals surface area contributed by atoms with Crippen molar-refractivity contribution in [2.75, 3.05) is 6.54 Å². The van der Waals surface area contributed by atoms with Gasteiger partial charge >= 0.3 is 0 Å². The molecule has 0 saturated heterocycles. The van der Waals surface area contributed by atoms with Crippen LogP contribution in [0, 0.1) is 0 Å². The van der Waals surface area contributed by atoms with Gasteiger partial charge in [0.25, 0.3) is 0 Å². The van der Waals surface area contributed by atoms with Gasteiger partial charge in [-0.05, 0) is 23.8 Å². The van der Waals surface area contributed by atoms with Crippen LogP contribution in [-0.4, -0.2) is 11.0 Å². The van der Waals surface area contributed by atoms with Gasteiger partial charge in [0, 0.05) is 13.1 Å². The maximum absolute atomic E-state index is 6.08. The highest BCUT2D eigenvalue weighted by atomic mass is 35.5. The summed E-state index contributed by atoms with van der Waals surface area (Å²) in [5, 5.41) is 0. The first-order valence-corrected chi connectivity index (χ1v) is 5.61. The number of hydrogen-bond donors (Lipinski definition) is 0. The van der Waals surface area contributed by atoms with E-state index in [2.05, 4.69) is 19.1 Å². The maximum Gasteiger partial charge on any atom is 0.0389 e. The second-order valence-electron chi connectivity index (χ2n) is 3.54. The van der Waals surface area contributed by atoms with Crippen LogP contribution in [0.1, 0.15) is 31.7 Å². The smallest absolute Gasteiger partial charge is 0.0389 e. The topological polar surface area (TPSA) is 3.24 Å². The van der Waals surface area contributed by atoms with Gasteiger partial charge < -0.3 is 0 Å². The molecule has 0 unspecified atom stereocenters. The van der Waals surface area contributed by atoms with Crippen molar-refractivity contribution >= 4 is 11.8 Å². The Morgan fingerprint density at radius 3 is 2.50 bits per heavy atom. The minimum absolute atomic E-state index is 0.839. The van der Waals surface area contributed by atoms with E-state index < -0.39 is 0 Å². The molecule has 0 atom stereocenters. The Bertz CT molecular complexity index is 235. The van der Waals surface area contributed by atoms with Gasteiger partial charge in [-0.1, -0.05) is 50.1 Å². The summed E-state index contributed by atoms with van der Waals surface area (Å²) in [5.74, 6) is 0. The van der Waals surface area contributed by atoms with Gasteiger partial charge in [0.2, 0.25) is 0 Å². The van der Waals surface area contributed by atoms with E-state index in [0.29, 0.717) is 0 Å². The van der Waals surface area contributed by atoms with Crippen LogP contribution in [0.15, 0.2) is 30.3 Å². The van der Waals surface area contributed by atoms with Crippen molar-refractivity contribution in [3.05, 3.63) is 35.9 Å². The van der Waals surface area contributed by atoms with Crippen LogP contribution in [0.2, 0.25) is 0 Å². The average molecular weight is 212 g/mol. The highest BCUT2D eigenvalue weighted by Crippen LogP contribution is 2.08. The van der Waals surface area contributed by atoms with E-state index in [1.165, 1.54) is 24.8 Å². The molecule has 0 heterocycles. The van der Waals surface area contributed by atoms with Crippen LogP contribution >= 0.6 is 11.8 Å². The molecule has 0 saturated carbocycles. The highest BCUT2D eigenvalue weighted by Gasteiger charge is 2.00. The van der Waals surface area contributed by atoms with E-state index in [0.717, 1.165) is 13.1 Å². The van der Waals surface area contributed by atoms with E-state index in [4.69, 9.17) is 11.8 Å². The average Bonchev–Trinajstić information content (AvgIpc) is 2.20. The van der Waals surface area contributed by atoms with Gasteiger partial charge in [-0.3, -0.25) is 0 Å². The predicted octanol–water partition coefficient (Wildman–Crippen LogP) is 3.83. The normalized spacial score (nSPS) is 10.8. The van der Waals surface area contributed by atoms with Gasteiger partial charge in [0.05, 0.1) is 0 Å². The summed E-state index contributed by atoms with van der Waals surface area (Å²) >= 11 is 6.08. The molecule has 1 aromatic rings. The second-order valence-corrected chi connectivity index (χ2v) is 4.02. The highest BCUT2D eigenvalue weighted by molar-refractivity contribution is 6.13. The lowest BCUT2D eigenvalue weighted by Gasteiger charge is -2.12. The second kappa shape index (κ2) is 6.86. The Morgan fingerprint density at radius 2 is 1.86 bits per heavy atom. The molecule has 2 heteroatoms. The Morgan fingerprint density at radius 1 is 1.14 bits per heavy atom. The molecular weight excluding hydrogens is 194 g/mol. The zero-order valence-corrected chi connectivity index (χ0v) is 9.50. The first-order chi connectivity index (χ1) is 6.83. The maximum atomic E-state index is 6.08. The first-order valence-electron chi connectivity index (χ1n) is 5.27. The predicted molar refractivity (Wildman–Crippen MR) is 62.2 cm³/mol. The van der Waals surface area contributed by atoms with Gasteiger partial charge in [-0.15, -0.1) is 0 Å². The van der Waals surface area contributed by atoms with E-state index in [1.807, 2.05) is 22.6 Å². The molecule has 0 aliphatic heterocycles. The zero-order valence-electron chi connectivity index (χ0n) is 8.75. The molecule has 0 radical (unpaired) electrons. The number of unbranched alkanes of at least 4 members (excludes halogenated alkanes) is 2. The van der Waals surface area contributed by atoms with Crippen molar-refractivity contribution in [2.24, 2.45) is 0 Å². The molecule has 1 aromatic carbocycles. The minimum Gasteiger partial charge on any atom is -0.216 e. The molecule has 0 fully saturated rings. The standard InChI is InChI=1S/C12H18ClN/c1-2-3-7-10-14(13)11-12-8-5-4-6-9-12/h4-6,8-9H,2-3,7,10-11H2,1H3. The molecule has 1 nitrogen and oxygen atoms in total. The van der Waals surface area contributed by atoms with Gasteiger partial charge in [0.1, 0.15) is 0 Å². The summed E-state index contributed by atoms with van der Waals surface area (Å²) in [5.41, 5.74) is 1.28. The molecule has 0 amide bonds. The summed E-state index contributed by atoms with van der Waals surface area (Å²) in [6.45, 7) is 4.02. The van der Waals surface area contributed by atoms with Crippen molar-refractivity contribution in [1.82, 2.24) is 4.42 Å². The van der Waals surface area contributed by atoms with Crippen molar-refractivity contribution in [1.29, 1.82) is 0 Å². The van der Waals surface area contributed by atoms with Crippen LogP contribution in [0.5, 0.6) is 0 Å². The number of hydrogen-bond acceptors (Lipinski definition) is 1. The lowest BCUT2D eigenvalue weighted by atomic mass is 10.2. The summed E-state index contributed by atoms with van der Waals surface area (Å²) in [7, 11) is 0. The van der Waals surface area contributed by atoms with Crippen LogP contribution in [0.25, 0.3) is 0 Å². The van der Waals surface area contributed by atoms with Crippen LogP contribution in [0.4, 0.5) is 0 Å². The van der Waals surface area contributed by atoms with Crippen molar-refractivity contribution < 1.29 is 0 Å². The van der Waals surface area contributed by atoms with E-state index >= 15 is 0 Å². The number of halogens is 1. The number of nitrogens with zero attached hydrogens (tertiary/aromatic N) is 1. The van der Waals surface area contributed by atoms with Crippen molar-refractivity contribution in [3.8, 4) is 0 Å². The fourth-order valence-corrected chi connectivity index (χ4v) is 1.65. The molecule has 78 valence electrons. The molecule has 0 aliphatic carbocycles. The van der Waals surface area contributed by atoms with Gasteiger partial charge in [-0.25, -0.2) is 4.42 Å². The summed E-state index contributed by atoms with van der Waals surface area (Å²) < 4.78 is 1.87. The fraction of sp³-hybridized carbons (Fsp3) is 0.500. The van der Waals surface area contributed by atoms with E-state index in [9.17, 15) is 0 Å². The molecule has 0 aliphatic rings. The molecule has 0 N–H and O–H groups in total. The lowest BCUT2D eigenvalue weighted by Crippen LogP contribution is -2.12. The molecule has 0 aromatic heterocycles. The molecule has 0 bridgehead atoms. The Balaban J connectivity index is 2.23. The van der Waals surface area contributed by atoms with Crippen molar-refractivity contribution in [2.45, 2.75) is 32.7 Å². The summed E-state index contributed by atoms with van der Waals surface area (Å²) in [6, 6.07) is 10.3. The Hall–Kier alpha value is -0.530. The summed E-state index contributed by atoms with van der Waals surface area (Å²) in [6.07, 6.45) is 3.70. The fourth-order valence-electron chi connectivity index (χ4n) is 1.39. The Kier molecular flexibility index (Phi) is 5.65. The van der Waals surface area contributed by atoms with Crippen LogP contribution in [-0.2, 0) is 6.54 Å². The minimum atomic E-state index is 0.839. The third kappa shape index (κ3) is 4.64. The van der Waals surface area contributed by atoms with E-state index in [1.54, 1.807) is 0 Å². The quantitative estimate of drug-likeness (QED) is 0.511. The van der Waals surface area contributed by atoms with Crippen LogP contribution < -0.4 is 0 Å². The molecule has 1 rings (SSSR count). The number of rotatable bonds is 6. The summed E-state index contributed by atoms with van der Waals surface area (Å²) in [4.78, 5) is 0. The SMILES string of the molecule is CCCCCN(Cl)Cc1ccccc1. The third-order valence-corrected chi connectivity index (χ3v) is 2.49. The Labute approximate surface area is 91.8 Å². The first kappa shape index (κ1) is 11.5. The lowest BCUT2D eigenvalue weighted by molar-refractivity contribution is 0.431.